The van der Waals surface area contributed by atoms with E-state index >= 15 is 4.39 Å². The molecular formula is C31H38FN4O9P. The largest absolute Gasteiger partial charge is 0.462 e. The predicted octanol–water partition coefficient (Wildman–Crippen LogP) is 4.35. The second-order valence-corrected chi connectivity index (χ2v) is 13.7. The lowest BCUT2D eigenvalue weighted by atomic mass is 9.98. The van der Waals surface area contributed by atoms with Crippen LogP contribution in [-0.4, -0.2) is 61.8 Å². The minimum atomic E-state index is -4.51. The first-order chi connectivity index (χ1) is 21.6. The minimum Gasteiger partial charge on any atom is -0.462 e. The van der Waals surface area contributed by atoms with E-state index in [1.54, 1.807) is 26.0 Å². The van der Waals surface area contributed by atoms with E-state index in [9.17, 15) is 24.1 Å². The van der Waals surface area contributed by atoms with Crippen molar-refractivity contribution in [2.24, 2.45) is 0 Å². The first-order valence-electron chi connectivity index (χ1n) is 14.9. The standard InChI is InChI=1S/C31H38FN4O9P/c1-17(2)36-21-11-8-7-10-20(21)26-22(36)12-9-13-23(26)45-46(41,34-19(5)28(39)43-18(3)4)42-16-24-27(38)31(6,32)29(44-24)35-15-14-25(37)33-30(35)40/h7-15,17-19,24,27,29,38H,16H2,1-6H3,(H,34,41)(H,33,37,40)/t19-,24+,27+,29+,31+,46?/m0/s1. The number of hydrogen-bond acceptors (Lipinski definition) is 9. The third-order valence-electron chi connectivity index (χ3n) is 7.72. The molecule has 0 bridgehead atoms. The SMILES string of the molecule is CC(C)OC(=O)[C@H](C)NP(=O)(OC[C@H]1O[C@@H](n2ccc(=O)[nH]c2=O)[C@](C)(F)[C@@H]1O)Oc1cccc2c1c1ccccc1n2C(C)C. The fourth-order valence-electron chi connectivity index (χ4n) is 5.63. The molecule has 1 fully saturated rings. The molecule has 1 aliphatic rings. The van der Waals surface area contributed by atoms with E-state index in [2.05, 4.69) is 9.65 Å². The highest BCUT2D eigenvalue weighted by molar-refractivity contribution is 7.52. The zero-order chi connectivity index (χ0) is 33.6. The number of benzene rings is 2. The molecule has 1 saturated heterocycles. The number of ether oxygens (including phenoxy) is 2. The van der Waals surface area contributed by atoms with Gasteiger partial charge >= 0.3 is 19.4 Å². The highest BCUT2D eigenvalue weighted by Gasteiger charge is 2.56. The van der Waals surface area contributed by atoms with E-state index in [0.717, 1.165) is 40.2 Å². The molecule has 1 unspecified atom stereocenters. The summed E-state index contributed by atoms with van der Waals surface area (Å²) in [7, 11) is -4.51. The molecule has 1 aliphatic heterocycles. The number of fused-ring (bicyclic) bond motifs is 3. The molecule has 15 heteroatoms. The number of rotatable bonds is 11. The van der Waals surface area contributed by atoms with Crippen molar-refractivity contribution < 1.29 is 37.4 Å². The first-order valence-corrected chi connectivity index (χ1v) is 16.4. The van der Waals surface area contributed by atoms with Crippen LogP contribution in [0.25, 0.3) is 21.8 Å². The number of aliphatic hydroxyl groups excluding tert-OH is 1. The van der Waals surface area contributed by atoms with Crippen LogP contribution in [0.5, 0.6) is 5.75 Å². The smallest absolute Gasteiger partial charge is 0.459 e. The number of aliphatic hydroxyl groups is 1. The third kappa shape index (κ3) is 6.40. The quantitative estimate of drug-likeness (QED) is 0.156. The number of halogens is 1. The number of nitrogens with zero attached hydrogens (tertiary/aromatic N) is 2. The van der Waals surface area contributed by atoms with E-state index in [1.165, 1.54) is 6.92 Å². The van der Waals surface area contributed by atoms with Crippen molar-refractivity contribution in [3.63, 3.8) is 0 Å². The lowest BCUT2D eigenvalue weighted by molar-refractivity contribution is -0.149. The van der Waals surface area contributed by atoms with Crippen LogP contribution < -0.4 is 20.9 Å². The average Bonchev–Trinajstić information content (AvgIpc) is 3.43. The number of nitrogens with one attached hydrogen (secondary N) is 2. The molecule has 46 heavy (non-hydrogen) atoms. The van der Waals surface area contributed by atoms with E-state index < -0.39 is 67.8 Å². The lowest BCUT2D eigenvalue weighted by Gasteiger charge is -2.26. The van der Waals surface area contributed by atoms with Crippen molar-refractivity contribution in [3.8, 4) is 5.75 Å². The van der Waals surface area contributed by atoms with Gasteiger partial charge in [-0.05, 0) is 59.7 Å². The summed E-state index contributed by atoms with van der Waals surface area (Å²) in [5.74, 6) is -0.530. The van der Waals surface area contributed by atoms with E-state index in [0.29, 0.717) is 5.39 Å². The Morgan fingerprint density at radius 1 is 1.11 bits per heavy atom. The zero-order valence-corrected chi connectivity index (χ0v) is 27.2. The van der Waals surface area contributed by atoms with Gasteiger partial charge in [-0.15, -0.1) is 0 Å². The van der Waals surface area contributed by atoms with Gasteiger partial charge in [0, 0.05) is 29.2 Å². The van der Waals surface area contributed by atoms with Gasteiger partial charge in [0.25, 0.3) is 5.56 Å². The summed E-state index contributed by atoms with van der Waals surface area (Å²) < 4.78 is 56.0. The second-order valence-electron chi connectivity index (χ2n) is 12.0. The van der Waals surface area contributed by atoms with Crippen molar-refractivity contribution in [2.45, 2.75) is 83.8 Å². The fraction of sp³-hybridized carbons (Fsp3) is 0.452. The topological polar surface area (TPSA) is 163 Å². The number of esters is 1. The molecular weight excluding hydrogens is 622 g/mol. The number of para-hydroxylation sites is 1. The Labute approximate surface area is 263 Å². The first kappa shape index (κ1) is 33.6. The molecule has 5 rings (SSSR count). The van der Waals surface area contributed by atoms with Crippen molar-refractivity contribution in [3.05, 3.63) is 75.6 Å². The summed E-state index contributed by atoms with van der Waals surface area (Å²) >= 11 is 0. The van der Waals surface area contributed by atoms with E-state index in [1.807, 2.05) is 49.2 Å². The van der Waals surface area contributed by atoms with Crippen molar-refractivity contribution in [1.29, 1.82) is 0 Å². The highest BCUT2D eigenvalue weighted by Crippen LogP contribution is 2.50. The van der Waals surface area contributed by atoms with Gasteiger partial charge in [-0.25, -0.2) is 13.8 Å². The number of hydrogen-bond donors (Lipinski definition) is 3. The Hall–Kier alpha value is -3.81. The van der Waals surface area contributed by atoms with Gasteiger partial charge < -0.3 is 23.7 Å². The van der Waals surface area contributed by atoms with Crippen LogP contribution >= 0.6 is 7.75 Å². The minimum absolute atomic E-state index is 0.0727. The van der Waals surface area contributed by atoms with Gasteiger partial charge in [0.1, 0.15) is 24.0 Å². The molecule has 0 aliphatic carbocycles. The maximum Gasteiger partial charge on any atom is 0.459 e. The van der Waals surface area contributed by atoms with Crippen molar-refractivity contribution in [2.75, 3.05) is 6.61 Å². The van der Waals surface area contributed by atoms with Crippen LogP contribution in [0.2, 0.25) is 0 Å². The van der Waals surface area contributed by atoms with Crippen LogP contribution in [0.3, 0.4) is 0 Å². The molecule has 13 nitrogen and oxygen atoms in total. The highest BCUT2D eigenvalue weighted by atomic mass is 31.2. The summed E-state index contributed by atoms with van der Waals surface area (Å²) in [5.41, 5.74) is -2.43. The number of H-pyrrole nitrogens is 1. The van der Waals surface area contributed by atoms with Gasteiger partial charge in [0.15, 0.2) is 11.9 Å². The van der Waals surface area contributed by atoms with Gasteiger partial charge in [0.05, 0.1) is 23.6 Å². The fourth-order valence-corrected chi connectivity index (χ4v) is 7.14. The Morgan fingerprint density at radius 3 is 2.48 bits per heavy atom. The van der Waals surface area contributed by atoms with Crippen molar-refractivity contribution >= 4 is 35.5 Å². The Morgan fingerprint density at radius 2 is 1.80 bits per heavy atom. The molecule has 0 saturated carbocycles. The molecule has 248 valence electrons. The molecule has 0 radical (unpaired) electrons. The summed E-state index contributed by atoms with van der Waals surface area (Å²) in [5, 5.41) is 15.0. The number of carbonyl (C=O) groups is 1. The summed E-state index contributed by atoms with van der Waals surface area (Å²) in [6.45, 7) is 9.19. The normalized spacial score (nSPS) is 23.7. The molecule has 0 spiro atoms. The summed E-state index contributed by atoms with van der Waals surface area (Å²) in [4.78, 5) is 38.6. The molecule has 2 aromatic heterocycles. The van der Waals surface area contributed by atoms with Gasteiger partial charge in [-0.1, -0.05) is 24.3 Å². The van der Waals surface area contributed by atoms with Crippen LogP contribution in [0.15, 0.2) is 64.3 Å². The van der Waals surface area contributed by atoms with E-state index in [-0.39, 0.29) is 11.8 Å². The van der Waals surface area contributed by atoms with Crippen molar-refractivity contribution in [1.82, 2.24) is 19.2 Å². The number of alkyl halides is 1. The second kappa shape index (κ2) is 12.8. The van der Waals surface area contributed by atoms with Crippen LogP contribution in [0.1, 0.15) is 53.8 Å². The maximum absolute atomic E-state index is 15.8. The van der Waals surface area contributed by atoms with Gasteiger partial charge in [0.2, 0.25) is 0 Å². The average molecular weight is 661 g/mol. The Balaban J connectivity index is 1.49. The van der Waals surface area contributed by atoms with Gasteiger partial charge in [-0.3, -0.25) is 23.7 Å². The lowest BCUT2D eigenvalue weighted by Crippen LogP contribution is -2.43. The molecule has 0 amide bonds. The molecule has 3 heterocycles. The molecule has 4 aromatic rings. The van der Waals surface area contributed by atoms with Crippen LogP contribution in [0, 0.1) is 0 Å². The zero-order valence-electron chi connectivity index (χ0n) is 26.3. The maximum atomic E-state index is 15.8. The summed E-state index contributed by atoms with van der Waals surface area (Å²) in [6, 6.07) is 12.8. The monoisotopic (exact) mass is 660 g/mol. The predicted molar refractivity (Wildman–Crippen MR) is 169 cm³/mol. The molecule has 2 aromatic carbocycles. The number of aromatic amines is 1. The Bertz CT molecular complexity index is 1920. The number of aromatic nitrogens is 3. The van der Waals surface area contributed by atoms with Crippen LogP contribution in [-0.2, 0) is 23.4 Å². The molecule has 6 atom stereocenters. The number of carbonyl (C=O) groups excluding carboxylic acids is 1. The molecule has 3 N–H and O–H groups in total. The van der Waals surface area contributed by atoms with E-state index in [4.69, 9.17) is 18.5 Å². The Kier molecular flexibility index (Phi) is 9.31. The summed E-state index contributed by atoms with van der Waals surface area (Å²) in [6.07, 6.45) is -4.34. The third-order valence-corrected chi connectivity index (χ3v) is 9.35. The van der Waals surface area contributed by atoms with Gasteiger partial charge in [-0.2, -0.15) is 5.09 Å². The van der Waals surface area contributed by atoms with Crippen LogP contribution in [0.4, 0.5) is 4.39 Å².